The van der Waals surface area contributed by atoms with Gasteiger partial charge in [0.25, 0.3) is 5.91 Å². The first-order chi connectivity index (χ1) is 11.9. The molecule has 128 valence electrons. The summed E-state index contributed by atoms with van der Waals surface area (Å²) in [5.74, 6) is -0.474. The molecule has 1 heterocycles. The summed E-state index contributed by atoms with van der Waals surface area (Å²) in [5, 5.41) is 5.41. The average Bonchev–Trinajstić information content (AvgIpc) is 2.56. The van der Waals surface area contributed by atoms with E-state index in [1.807, 2.05) is 0 Å². The molecule has 1 atom stereocenters. The lowest BCUT2D eigenvalue weighted by Crippen LogP contribution is -2.34. The predicted molar refractivity (Wildman–Crippen MR) is 93.8 cm³/mol. The first-order valence-electron chi connectivity index (χ1n) is 7.80. The lowest BCUT2D eigenvalue weighted by atomic mass is 10.1. The summed E-state index contributed by atoms with van der Waals surface area (Å²) in [4.78, 5) is 23.8. The van der Waals surface area contributed by atoms with E-state index in [0.29, 0.717) is 28.3 Å². The Kier molecular flexibility index (Phi) is 4.52. The molecule has 0 bridgehead atoms. The number of carbonyl (C=O) groups excluding carboxylic acids is 2. The van der Waals surface area contributed by atoms with Crippen molar-refractivity contribution in [2.45, 2.75) is 20.0 Å². The minimum absolute atomic E-state index is 0.244. The second-order valence-corrected chi connectivity index (χ2v) is 5.76. The van der Waals surface area contributed by atoms with Crippen LogP contribution >= 0.6 is 0 Å². The summed E-state index contributed by atoms with van der Waals surface area (Å²) >= 11 is 0. The van der Waals surface area contributed by atoms with Gasteiger partial charge in [-0.3, -0.25) is 9.59 Å². The Hall–Kier alpha value is -3.15. The molecule has 1 aliphatic heterocycles. The van der Waals surface area contributed by atoms with Crippen LogP contribution in [-0.2, 0) is 9.59 Å². The number of amides is 2. The molecule has 0 saturated heterocycles. The van der Waals surface area contributed by atoms with E-state index in [1.165, 1.54) is 12.1 Å². The number of allylic oxidation sites excluding steroid dienone is 1. The number of benzene rings is 2. The molecular formula is C19H17FN2O3. The van der Waals surface area contributed by atoms with E-state index in [0.717, 1.165) is 0 Å². The van der Waals surface area contributed by atoms with E-state index in [4.69, 9.17) is 4.74 Å². The maximum absolute atomic E-state index is 13.7. The Morgan fingerprint density at radius 2 is 2.04 bits per heavy atom. The minimum Gasteiger partial charge on any atom is -0.479 e. The van der Waals surface area contributed by atoms with E-state index < -0.39 is 12.0 Å². The van der Waals surface area contributed by atoms with E-state index in [2.05, 4.69) is 10.6 Å². The highest BCUT2D eigenvalue weighted by Crippen LogP contribution is 2.32. The van der Waals surface area contributed by atoms with Gasteiger partial charge in [0.1, 0.15) is 11.6 Å². The molecule has 1 aliphatic rings. The number of carbonyl (C=O) groups is 2. The quantitative estimate of drug-likeness (QED) is 0.839. The summed E-state index contributed by atoms with van der Waals surface area (Å²) in [6.45, 7) is 3.32. The summed E-state index contributed by atoms with van der Waals surface area (Å²) in [5.41, 5.74) is 1.88. The van der Waals surface area contributed by atoms with Crippen molar-refractivity contribution in [2.75, 3.05) is 10.6 Å². The van der Waals surface area contributed by atoms with Gasteiger partial charge in [0.2, 0.25) is 5.91 Å². The fourth-order valence-electron chi connectivity index (χ4n) is 2.52. The molecule has 0 spiro atoms. The standard InChI is InChI=1S/C19H17FN2O3/c1-11(14-5-3-4-6-15(14)20)9-18(23)21-13-7-8-17-16(10-13)22-19(24)12(2)25-17/h3-10,12H,1-2H3,(H,21,23)(H,22,24)/b11-9-. The van der Waals surface area contributed by atoms with Crippen LogP contribution in [0.1, 0.15) is 19.4 Å². The molecule has 0 fully saturated rings. The van der Waals surface area contributed by atoms with Gasteiger partial charge in [0.05, 0.1) is 5.69 Å². The van der Waals surface area contributed by atoms with Crippen LogP contribution in [0.3, 0.4) is 0 Å². The summed E-state index contributed by atoms with van der Waals surface area (Å²) < 4.78 is 19.2. The van der Waals surface area contributed by atoms with Crippen LogP contribution in [0.15, 0.2) is 48.5 Å². The van der Waals surface area contributed by atoms with Crippen molar-refractivity contribution in [2.24, 2.45) is 0 Å². The molecule has 1 unspecified atom stereocenters. The van der Waals surface area contributed by atoms with Crippen LogP contribution in [0.2, 0.25) is 0 Å². The van der Waals surface area contributed by atoms with Crippen molar-refractivity contribution in [3.8, 4) is 5.75 Å². The average molecular weight is 340 g/mol. The molecule has 0 aliphatic carbocycles. The third kappa shape index (κ3) is 3.68. The normalized spacial score (nSPS) is 16.5. The van der Waals surface area contributed by atoms with Crippen molar-refractivity contribution in [1.82, 2.24) is 0 Å². The third-order valence-corrected chi connectivity index (χ3v) is 3.82. The van der Waals surface area contributed by atoms with Gasteiger partial charge < -0.3 is 15.4 Å². The number of ether oxygens (including phenoxy) is 1. The lowest BCUT2D eigenvalue weighted by molar-refractivity contribution is -0.122. The van der Waals surface area contributed by atoms with Gasteiger partial charge in [-0.05, 0) is 43.7 Å². The maximum Gasteiger partial charge on any atom is 0.265 e. The fourth-order valence-corrected chi connectivity index (χ4v) is 2.52. The van der Waals surface area contributed by atoms with Crippen LogP contribution < -0.4 is 15.4 Å². The second kappa shape index (κ2) is 6.76. The molecule has 6 heteroatoms. The highest BCUT2D eigenvalue weighted by Gasteiger charge is 2.23. The third-order valence-electron chi connectivity index (χ3n) is 3.82. The topological polar surface area (TPSA) is 67.4 Å². The SMILES string of the molecule is C/C(=C/C(=O)Nc1ccc2c(c1)NC(=O)C(C)O2)c1ccccc1F. The van der Waals surface area contributed by atoms with Gasteiger partial charge in [-0.25, -0.2) is 4.39 Å². The van der Waals surface area contributed by atoms with E-state index >= 15 is 0 Å². The number of anilines is 2. The zero-order chi connectivity index (χ0) is 18.0. The van der Waals surface area contributed by atoms with Crippen LogP contribution in [0.4, 0.5) is 15.8 Å². The van der Waals surface area contributed by atoms with E-state index in [9.17, 15) is 14.0 Å². The maximum atomic E-state index is 13.7. The molecule has 3 rings (SSSR count). The Morgan fingerprint density at radius 3 is 2.80 bits per heavy atom. The number of fused-ring (bicyclic) bond motifs is 1. The molecule has 0 aromatic heterocycles. The molecule has 5 nitrogen and oxygen atoms in total. The second-order valence-electron chi connectivity index (χ2n) is 5.76. The Morgan fingerprint density at radius 1 is 1.28 bits per heavy atom. The Balaban J connectivity index is 1.76. The zero-order valence-corrected chi connectivity index (χ0v) is 13.8. The number of hydrogen-bond acceptors (Lipinski definition) is 3. The number of hydrogen-bond donors (Lipinski definition) is 2. The summed E-state index contributed by atoms with van der Waals surface area (Å²) in [6.07, 6.45) is 0.772. The Labute approximate surface area is 144 Å². The first-order valence-corrected chi connectivity index (χ1v) is 7.80. The summed E-state index contributed by atoms with van der Waals surface area (Å²) in [6, 6.07) is 11.2. The molecule has 2 amide bonds. The molecule has 2 N–H and O–H groups in total. The van der Waals surface area contributed by atoms with Crippen LogP contribution in [-0.4, -0.2) is 17.9 Å². The van der Waals surface area contributed by atoms with Gasteiger partial charge in [-0.15, -0.1) is 0 Å². The lowest BCUT2D eigenvalue weighted by Gasteiger charge is -2.23. The number of nitrogens with one attached hydrogen (secondary N) is 2. The molecule has 2 aromatic rings. The van der Waals surface area contributed by atoms with E-state index in [1.54, 1.807) is 50.2 Å². The number of halogens is 1. The molecule has 0 saturated carbocycles. The van der Waals surface area contributed by atoms with Gasteiger partial charge in [-0.2, -0.15) is 0 Å². The van der Waals surface area contributed by atoms with Crippen LogP contribution in [0, 0.1) is 5.82 Å². The fraction of sp³-hybridized carbons (Fsp3) is 0.158. The van der Waals surface area contributed by atoms with Gasteiger partial charge >= 0.3 is 0 Å². The van der Waals surface area contributed by atoms with Crippen LogP contribution in [0.25, 0.3) is 5.57 Å². The Bertz CT molecular complexity index is 877. The van der Waals surface area contributed by atoms with Crippen molar-refractivity contribution >= 4 is 28.8 Å². The van der Waals surface area contributed by atoms with Crippen molar-refractivity contribution in [3.63, 3.8) is 0 Å². The highest BCUT2D eigenvalue weighted by atomic mass is 19.1. The minimum atomic E-state index is -0.556. The smallest absolute Gasteiger partial charge is 0.265 e. The molecular weight excluding hydrogens is 323 g/mol. The molecule has 25 heavy (non-hydrogen) atoms. The predicted octanol–water partition coefficient (Wildman–Crippen LogP) is 3.59. The van der Waals surface area contributed by atoms with E-state index in [-0.39, 0.29) is 11.7 Å². The van der Waals surface area contributed by atoms with Crippen molar-refractivity contribution in [3.05, 3.63) is 59.9 Å². The monoisotopic (exact) mass is 340 g/mol. The highest BCUT2D eigenvalue weighted by molar-refractivity contribution is 6.05. The first kappa shape index (κ1) is 16.7. The number of rotatable bonds is 3. The van der Waals surface area contributed by atoms with Gasteiger partial charge in [0.15, 0.2) is 6.10 Å². The van der Waals surface area contributed by atoms with Gasteiger partial charge in [-0.1, -0.05) is 18.2 Å². The summed E-state index contributed by atoms with van der Waals surface area (Å²) in [7, 11) is 0. The van der Waals surface area contributed by atoms with Gasteiger partial charge in [0, 0.05) is 17.3 Å². The van der Waals surface area contributed by atoms with Crippen molar-refractivity contribution < 1.29 is 18.7 Å². The van der Waals surface area contributed by atoms with Crippen molar-refractivity contribution in [1.29, 1.82) is 0 Å². The molecule has 2 aromatic carbocycles. The largest absolute Gasteiger partial charge is 0.479 e. The molecule has 0 radical (unpaired) electrons. The zero-order valence-electron chi connectivity index (χ0n) is 13.8. The van der Waals surface area contributed by atoms with Crippen LogP contribution in [0.5, 0.6) is 5.75 Å².